The van der Waals surface area contributed by atoms with Crippen molar-refractivity contribution in [3.05, 3.63) is 17.8 Å². The van der Waals surface area contributed by atoms with Gasteiger partial charge in [0, 0.05) is 6.54 Å². The molecule has 0 radical (unpaired) electrons. The molecule has 4 heteroatoms. The monoisotopic (exact) mass is 230 g/mol. The predicted octanol–water partition coefficient (Wildman–Crippen LogP) is 2.53. The van der Waals surface area contributed by atoms with Crippen molar-refractivity contribution in [2.45, 2.75) is 32.1 Å². The van der Waals surface area contributed by atoms with E-state index in [0.717, 1.165) is 12.5 Å². The lowest BCUT2D eigenvalue weighted by Gasteiger charge is -2.22. The van der Waals surface area contributed by atoms with E-state index in [0.29, 0.717) is 17.1 Å². The van der Waals surface area contributed by atoms with Crippen molar-refractivity contribution in [2.75, 3.05) is 17.6 Å². The van der Waals surface area contributed by atoms with Crippen molar-refractivity contribution in [1.29, 1.82) is 5.26 Å². The van der Waals surface area contributed by atoms with Gasteiger partial charge < -0.3 is 11.1 Å². The topological polar surface area (TPSA) is 74.7 Å². The van der Waals surface area contributed by atoms with Crippen molar-refractivity contribution in [2.24, 2.45) is 5.92 Å². The highest BCUT2D eigenvalue weighted by Crippen LogP contribution is 2.24. The number of nitrogens with two attached hydrogens (primary N) is 1. The minimum atomic E-state index is 0.529. The van der Waals surface area contributed by atoms with Crippen molar-refractivity contribution in [1.82, 2.24) is 4.98 Å². The molecule has 1 aliphatic carbocycles. The summed E-state index contributed by atoms with van der Waals surface area (Å²) < 4.78 is 0. The Kier molecular flexibility index (Phi) is 3.81. The van der Waals surface area contributed by atoms with E-state index in [1.165, 1.54) is 32.1 Å². The fraction of sp³-hybridized carbons (Fsp3) is 0.538. The van der Waals surface area contributed by atoms with E-state index in [-0.39, 0.29) is 0 Å². The lowest BCUT2D eigenvalue weighted by Crippen LogP contribution is -2.18. The molecular weight excluding hydrogens is 212 g/mol. The number of aromatic nitrogens is 1. The van der Waals surface area contributed by atoms with Gasteiger partial charge in [0.05, 0.1) is 17.4 Å². The molecule has 3 N–H and O–H groups in total. The van der Waals surface area contributed by atoms with Gasteiger partial charge in [-0.05, 0) is 24.8 Å². The largest absolute Gasteiger partial charge is 0.397 e. The first-order chi connectivity index (χ1) is 8.29. The third-order valence-electron chi connectivity index (χ3n) is 3.31. The van der Waals surface area contributed by atoms with Gasteiger partial charge in [0.2, 0.25) is 0 Å². The highest BCUT2D eigenvalue weighted by atomic mass is 15.0. The standard InChI is InChI=1S/C13H18N4/c14-7-11-6-12(15)9-17-13(11)16-8-10-4-2-1-3-5-10/h6,9-10H,1-5,8,15H2,(H,16,17). The number of hydrogen-bond donors (Lipinski definition) is 2. The van der Waals surface area contributed by atoms with Crippen LogP contribution in [0, 0.1) is 17.2 Å². The van der Waals surface area contributed by atoms with Gasteiger partial charge in [-0.3, -0.25) is 0 Å². The Bertz CT molecular complexity index is 416. The fourth-order valence-electron chi connectivity index (χ4n) is 2.34. The normalized spacial score (nSPS) is 16.4. The second-order valence-electron chi connectivity index (χ2n) is 4.66. The number of rotatable bonds is 3. The maximum absolute atomic E-state index is 8.99. The van der Waals surface area contributed by atoms with E-state index in [1.54, 1.807) is 12.3 Å². The van der Waals surface area contributed by atoms with E-state index in [4.69, 9.17) is 11.0 Å². The van der Waals surface area contributed by atoms with Gasteiger partial charge in [0.25, 0.3) is 0 Å². The van der Waals surface area contributed by atoms with Gasteiger partial charge in [0.15, 0.2) is 0 Å². The fourth-order valence-corrected chi connectivity index (χ4v) is 2.34. The first kappa shape index (κ1) is 11.7. The summed E-state index contributed by atoms with van der Waals surface area (Å²) in [6.07, 6.45) is 8.16. The summed E-state index contributed by atoms with van der Waals surface area (Å²) in [4.78, 5) is 4.17. The molecule has 2 rings (SSSR count). The van der Waals surface area contributed by atoms with Crippen LogP contribution in [-0.4, -0.2) is 11.5 Å². The van der Waals surface area contributed by atoms with Crippen LogP contribution in [0.15, 0.2) is 12.3 Å². The summed E-state index contributed by atoms with van der Waals surface area (Å²) in [7, 11) is 0. The van der Waals surface area contributed by atoms with Gasteiger partial charge in [-0.25, -0.2) is 4.98 Å². The molecule has 1 fully saturated rings. The Hall–Kier alpha value is -1.76. The Morgan fingerprint density at radius 3 is 2.88 bits per heavy atom. The zero-order chi connectivity index (χ0) is 12.1. The van der Waals surface area contributed by atoms with Crippen molar-refractivity contribution >= 4 is 11.5 Å². The van der Waals surface area contributed by atoms with Crippen LogP contribution in [0.3, 0.4) is 0 Å². The number of nitrogens with one attached hydrogen (secondary N) is 1. The van der Waals surface area contributed by atoms with Gasteiger partial charge in [-0.1, -0.05) is 19.3 Å². The molecule has 4 nitrogen and oxygen atoms in total. The molecule has 0 aliphatic heterocycles. The average molecular weight is 230 g/mol. The van der Waals surface area contributed by atoms with Crippen LogP contribution in [0.1, 0.15) is 37.7 Å². The predicted molar refractivity (Wildman–Crippen MR) is 68.4 cm³/mol. The number of nitriles is 1. The molecule has 0 bridgehead atoms. The van der Waals surface area contributed by atoms with Gasteiger partial charge in [-0.15, -0.1) is 0 Å². The molecule has 0 spiro atoms. The molecule has 1 aromatic heterocycles. The zero-order valence-electron chi connectivity index (χ0n) is 9.95. The summed E-state index contributed by atoms with van der Waals surface area (Å²) >= 11 is 0. The summed E-state index contributed by atoms with van der Waals surface area (Å²) in [5, 5.41) is 12.3. The molecule has 0 atom stereocenters. The average Bonchev–Trinajstić information content (AvgIpc) is 2.38. The smallest absolute Gasteiger partial charge is 0.144 e. The molecule has 0 saturated heterocycles. The number of anilines is 2. The van der Waals surface area contributed by atoms with Crippen molar-refractivity contribution in [3.8, 4) is 6.07 Å². The molecule has 1 heterocycles. The molecule has 1 saturated carbocycles. The van der Waals surface area contributed by atoms with Crippen molar-refractivity contribution in [3.63, 3.8) is 0 Å². The molecule has 1 aromatic rings. The number of nitrogen functional groups attached to an aromatic ring is 1. The highest BCUT2D eigenvalue weighted by Gasteiger charge is 2.14. The number of nitrogens with zero attached hydrogens (tertiary/aromatic N) is 2. The molecule has 1 aliphatic rings. The number of pyridine rings is 1. The lowest BCUT2D eigenvalue weighted by atomic mass is 9.89. The van der Waals surface area contributed by atoms with Crippen molar-refractivity contribution < 1.29 is 0 Å². The third kappa shape index (κ3) is 3.10. The zero-order valence-corrected chi connectivity index (χ0v) is 9.95. The molecule has 0 amide bonds. The SMILES string of the molecule is N#Cc1cc(N)cnc1NCC1CCCCC1. The van der Waals surface area contributed by atoms with Gasteiger partial charge >= 0.3 is 0 Å². The Labute approximate surface area is 102 Å². The summed E-state index contributed by atoms with van der Waals surface area (Å²) in [5.74, 6) is 1.38. The summed E-state index contributed by atoms with van der Waals surface area (Å²) in [5.41, 5.74) is 6.66. The summed E-state index contributed by atoms with van der Waals surface area (Å²) in [6.45, 7) is 0.908. The Morgan fingerprint density at radius 1 is 1.41 bits per heavy atom. The van der Waals surface area contributed by atoms with Crippen LogP contribution in [0.2, 0.25) is 0 Å². The lowest BCUT2D eigenvalue weighted by molar-refractivity contribution is 0.373. The van der Waals surface area contributed by atoms with Crippen LogP contribution < -0.4 is 11.1 Å². The van der Waals surface area contributed by atoms with Crippen LogP contribution in [0.4, 0.5) is 11.5 Å². The van der Waals surface area contributed by atoms with Crippen LogP contribution in [0.5, 0.6) is 0 Å². The molecule has 17 heavy (non-hydrogen) atoms. The maximum Gasteiger partial charge on any atom is 0.144 e. The maximum atomic E-state index is 8.99. The molecule has 90 valence electrons. The van der Waals surface area contributed by atoms with E-state index < -0.39 is 0 Å². The Morgan fingerprint density at radius 2 is 2.18 bits per heavy atom. The quantitative estimate of drug-likeness (QED) is 0.836. The van der Waals surface area contributed by atoms with E-state index in [9.17, 15) is 0 Å². The summed E-state index contributed by atoms with van der Waals surface area (Å²) in [6, 6.07) is 3.78. The first-order valence-electron chi connectivity index (χ1n) is 6.19. The molecular formula is C13H18N4. The second kappa shape index (κ2) is 5.53. The highest BCUT2D eigenvalue weighted by molar-refractivity contribution is 5.57. The Balaban J connectivity index is 1.96. The van der Waals surface area contributed by atoms with E-state index in [2.05, 4.69) is 16.4 Å². The second-order valence-corrected chi connectivity index (χ2v) is 4.66. The van der Waals surface area contributed by atoms with E-state index >= 15 is 0 Å². The minimum Gasteiger partial charge on any atom is -0.397 e. The van der Waals surface area contributed by atoms with Crippen LogP contribution >= 0.6 is 0 Å². The van der Waals surface area contributed by atoms with Gasteiger partial charge in [0.1, 0.15) is 11.9 Å². The first-order valence-corrected chi connectivity index (χ1v) is 6.19. The minimum absolute atomic E-state index is 0.529. The molecule has 0 aromatic carbocycles. The van der Waals surface area contributed by atoms with Gasteiger partial charge in [-0.2, -0.15) is 5.26 Å². The third-order valence-corrected chi connectivity index (χ3v) is 3.31. The molecule has 0 unspecified atom stereocenters. The number of hydrogen-bond acceptors (Lipinski definition) is 4. The van der Waals surface area contributed by atoms with Crippen LogP contribution in [-0.2, 0) is 0 Å². The van der Waals surface area contributed by atoms with Crippen LogP contribution in [0.25, 0.3) is 0 Å². The van der Waals surface area contributed by atoms with E-state index in [1.807, 2.05) is 0 Å².